The fraction of sp³-hybridized carbons (Fsp3) is 0.467. The summed E-state index contributed by atoms with van der Waals surface area (Å²) in [5, 5.41) is 14.9. The number of rotatable bonds is 4. The van der Waals surface area contributed by atoms with Gasteiger partial charge in [-0.2, -0.15) is 0 Å². The number of amides is 1. The molecule has 2 aromatic rings. The molecule has 1 aliphatic heterocycles. The van der Waals surface area contributed by atoms with Crippen molar-refractivity contribution in [3.8, 4) is 0 Å². The number of furan rings is 1. The van der Waals surface area contributed by atoms with Crippen LogP contribution in [0.25, 0.3) is 0 Å². The van der Waals surface area contributed by atoms with Crippen LogP contribution in [0.4, 0.5) is 5.13 Å². The number of thiazole rings is 1. The quantitative estimate of drug-likeness (QED) is 0.895. The summed E-state index contributed by atoms with van der Waals surface area (Å²) >= 11 is 1.51. The summed E-state index contributed by atoms with van der Waals surface area (Å²) in [6.45, 7) is 4.80. The molecular weight excluding hydrogens is 302 g/mol. The minimum Gasteiger partial charge on any atom is -0.466 e. The molecule has 0 aliphatic carbocycles. The van der Waals surface area contributed by atoms with E-state index in [0.717, 1.165) is 23.2 Å². The van der Waals surface area contributed by atoms with E-state index in [1.807, 2.05) is 24.4 Å². The van der Waals surface area contributed by atoms with Gasteiger partial charge in [-0.3, -0.25) is 4.79 Å². The van der Waals surface area contributed by atoms with E-state index in [1.165, 1.54) is 18.3 Å². The Bertz CT molecular complexity index is 667. The van der Waals surface area contributed by atoms with Gasteiger partial charge in [0.05, 0.1) is 24.3 Å². The van der Waals surface area contributed by atoms with Gasteiger partial charge in [0.25, 0.3) is 0 Å². The normalized spacial score (nSPS) is 21.3. The first-order valence-corrected chi connectivity index (χ1v) is 8.08. The third-order valence-electron chi connectivity index (χ3n) is 3.81. The molecule has 0 unspecified atom stereocenters. The second-order valence-electron chi connectivity index (χ2n) is 5.55. The Morgan fingerprint density at radius 1 is 1.55 bits per heavy atom. The number of aliphatic hydroxyl groups excluding tert-OH is 1. The van der Waals surface area contributed by atoms with Gasteiger partial charge in [0.15, 0.2) is 5.13 Å². The molecule has 2 aromatic heterocycles. The van der Waals surface area contributed by atoms with Crippen LogP contribution in [0.3, 0.4) is 0 Å². The van der Waals surface area contributed by atoms with Gasteiger partial charge >= 0.3 is 0 Å². The third-order valence-corrected chi connectivity index (χ3v) is 4.76. The molecule has 118 valence electrons. The molecule has 3 rings (SSSR count). The molecule has 2 N–H and O–H groups in total. The number of carbonyl (C=O) groups is 1. The zero-order valence-corrected chi connectivity index (χ0v) is 13.4. The summed E-state index contributed by atoms with van der Waals surface area (Å²) in [7, 11) is 0. The molecule has 0 spiro atoms. The van der Waals surface area contributed by atoms with Gasteiger partial charge < -0.3 is 19.7 Å². The van der Waals surface area contributed by atoms with Gasteiger partial charge in [-0.05, 0) is 19.1 Å². The minimum absolute atomic E-state index is 0.00970. The van der Waals surface area contributed by atoms with E-state index in [1.54, 1.807) is 0 Å². The minimum atomic E-state index is -0.0553. The number of anilines is 1. The highest BCUT2D eigenvalue weighted by atomic mass is 32.1. The summed E-state index contributed by atoms with van der Waals surface area (Å²) in [6, 6.07) is 3.90. The van der Waals surface area contributed by atoms with Crippen molar-refractivity contribution < 1.29 is 14.3 Å². The molecule has 3 heterocycles. The van der Waals surface area contributed by atoms with Crippen molar-refractivity contribution in [2.24, 2.45) is 0 Å². The van der Waals surface area contributed by atoms with Crippen LogP contribution in [0.1, 0.15) is 30.1 Å². The van der Waals surface area contributed by atoms with E-state index < -0.39 is 0 Å². The second kappa shape index (κ2) is 6.10. The average molecular weight is 321 g/mol. The Kier molecular flexibility index (Phi) is 4.17. The molecule has 1 aliphatic rings. The molecule has 1 fully saturated rings. The van der Waals surface area contributed by atoms with Gasteiger partial charge in [0, 0.05) is 25.4 Å². The van der Waals surface area contributed by atoms with Gasteiger partial charge in [-0.1, -0.05) is 0 Å². The lowest BCUT2D eigenvalue weighted by Gasteiger charge is -2.16. The summed E-state index contributed by atoms with van der Waals surface area (Å²) in [6.07, 6.45) is 0. The van der Waals surface area contributed by atoms with Gasteiger partial charge in [0.1, 0.15) is 11.5 Å². The van der Waals surface area contributed by atoms with Crippen molar-refractivity contribution in [3.63, 3.8) is 0 Å². The first kappa shape index (κ1) is 15.1. The standard InChI is InChI=1S/C15H19N3O3S/c1-9-3-4-14(21-9)12-5-18(6-13(12)16-10(2)20)15-17-11(7-19)8-22-15/h3-4,8,12-13,19H,5-7H2,1-2H3,(H,16,20)/t12-,13-/m1/s1. The lowest BCUT2D eigenvalue weighted by atomic mass is 10.0. The fourth-order valence-electron chi connectivity index (χ4n) is 2.82. The number of hydrogen-bond acceptors (Lipinski definition) is 6. The monoisotopic (exact) mass is 321 g/mol. The number of nitrogens with one attached hydrogen (secondary N) is 1. The van der Waals surface area contributed by atoms with E-state index in [2.05, 4.69) is 15.2 Å². The number of aryl methyl sites for hydroxylation is 1. The van der Waals surface area contributed by atoms with Crippen molar-refractivity contribution in [2.45, 2.75) is 32.4 Å². The lowest BCUT2D eigenvalue weighted by Crippen LogP contribution is -2.38. The van der Waals surface area contributed by atoms with Crippen molar-refractivity contribution in [1.82, 2.24) is 10.3 Å². The molecule has 7 heteroatoms. The first-order valence-electron chi connectivity index (χ1n) is 7.20. The maximum atomic E-state index is 11.5. The Hall–Kier alpha value is -1.86. The predicted molar refractivity (Wildman–Crippen MR) is 84.0 cm³/mol. The zero-order valence-electron chi connectivity index (χ0n) is 12.6. The molecule has 1 saturated heterocycles. The predicted octanol–water partition coefficient (Wildman–Crippen LogP) is 1.65. The maximum absolute atomic E-state index is 11.5. The van der Waals surface area contributed by atoms with Gasteiger partial charge in [0.2, 0.25) is 5.91 Å². The number of carbonyl (C=O) groups excluding carboxylic acids is 1. The lowest BCUT2D eigenvalue weighted by molar-refractivity contribution is -0.119. The summed E-state index contributed by atoms with van der Waals surface area (Å²) < 4.78 is 5.75. The second-order valence-corrected chi connectivity index (χ2v) is 6.38. The third kappa shape index (κ3) is 3.00. The van der Waals surface area contributed by atoms with E-state index in [4.69, 9.17) is 9.52 Å². The zero-order chi connectivity index (χ0) is 15.7. The SMILES string of the molecule is CC(=O)N[C@@H]1CN(c2nc(CO)cs2)C[C@H]1c1ccc(C)o1. The van der Waals surface area contributed by atoms with E-state index in [0.29, 0.717) is 12.2 Å². The van der Waals surface area contributed by atoms with E-state index in [-0.39, 0.29) is 24.5 Å². The molecule has 22 heavy (non-hydrogen) atoms. The Morgan fingerprint density at radius 3 is 2.95 bits per heavy atom. The summed E-state index contributed by atoms with van der Waals surface area (Å²) in [5.41, 5.74) is 0.674. The van der Waals surface area contributed by atoms with Crippen LogP contribution >= 0.6 is 11.3 Å². The van der Waals surface area contributed by atoms with Crippen LogP contribution in [0.2, 0.25) is 0 Å². The Labute approximate surface area is 132 Å². The molecule has 0 radical (unpaired) electrons. The van der Waals surface area contributed by atoms with Crippen LogP contribution in [0.15, 0.2) is 21.9 Å². The van der Waals surface area contributed by atoms with Crippen LogP contribution in [-0.4, -0.2) is 35.1 Å². The number of nitrogens with zero attached hydrogens (tertiary/aromatic N) is 2. The molecule has 0 bridgehead atoms. The highest BCUT2D eigenvalue weighted by molar-refractivity contribution is 7.13. The molecule has 6 nitrogen and oxygen atoms in total. The first-order chi connectivity index (χ1) is 10.6. The highest BCUT2D eigenvalue weighted by Crippen LogP contribution is 2.33. The van der Waals surface area contributed by atoms with Crippen molar-refractivity contribution in [2.75, 3.05) is 18.0 Å². The van der Waals surface area contributed by atoms with Gasteiger partial charge in [-0.25, -0.2) is 4.98 Å². The van der Waals surface area contributed by atoms with Gasteiger partial charge in [-0.15, -0.1) is 11.3 Å². The Balaban J connectivity index is 1.82. The molecule has 2 atom stereocenters. The molecule has 0 saturated carbocycles. The van der Waals surface area contributed by atoms with Crippen LogP contribution in [-0.2, 0) is 11.4 Å². The van der Waals surface area contributed by atoms with Crippen molar-refractivity contribution >= 4 is 22.4 Å². The highest BCUT2D eigenvalue weighted by Gasteiger charge is 2.37. The molecule has 0 aromatic carbocycles. The number of hydrogen-bond donors (Lipinski definition) is 2. The summed E-state index contributed by atoms with van der Waals surface area (Å²) in [5.74, 6) is 1.80. The average Bonchev–Trinajstić information content (AvgIpc) is 3.16. The topological polar surface area (TPSA) is 78.6 Å². The van der Waals surface area contributed by atoms with Crippen molar-refractivity contribution in [3.05, 3.63) is 34.7 Å². The fourth-order valence-corrected chi connectivity index (χ4v) is 3.66. The largest absolute Gasteiger partial charge is 0.466 e. The Morgan fingerprint density at radius 2 is 2.36 bits per heavy atom. The van der Waals surface area contributed by atoms with E-state index >= 15 is 0 Å². The van der Waals surface area contributed by atoms with Crippen LogP contribution in [0.5, 0.6) is 0 Å². The smallest absolute Gasteiger partial charge is 0.217 e. The van der Waals surface area contributed by atoms with Crippen LogP contribution in [0, 0.1) is 6.92 Å². The van der Waals surface area contributed by atoms with Crippen molar-refractivity contribution in [1.29, 1.82) is 0 Å². The van der Waals surface area contributed by atoms with E-state index in [9.17, 15) is 4.79 Å². The number of aliphatic hydroxyl groups is 1. The van der Waals surface area contributed by atoms with Crippen LogP contribution < -0.4 is 10.2 Å². The number of aromatic nitrogens is 1. The maximum Gasteiger partial charge on any atom is 0.217 e. The summed E-state index contributed by atoms with van der Waals surface area (Å²) in [4.78, 5) is 18.0. The molecule has 1 amide bonds. The molecular formula is C15H19N3O3S.